The molecule has 3 nitrogen and oxygen atoms in total. The molecule has 1 fully saturated rings. The van der Waals surface area contributed by atoms with E-state index in [0.717, 1.165) is 0 Å². The number of carbonyl (C=O) groups is 1. The van der Waals surface area contributed by atoms with Gasteiger partial charge in [-0.15, -0.1) is 0 Å². The average molecular weight is 253 g/mol. The molecule has 0 saturated carbocycles. The summed E-state index contributed by atoms with van der Waals surface area (Å²) in [5.74, 6) is -1.65. The molecule has 1 aliphatic rings. The standard InChI is InChI=1S/C11H18F3NO2/c1-8(6-10(16)17-2)15-5-3-4-9(7-15)11(12,13)14/h8-9H,3-7H2,1-2H3. The Balaban J connectivity index is 2.51. The van der Waals surface area contributed by atoms with Crippen molar-refractivity contribution in [3.05, 3.63) is 0 Å². The van der Waals surface area contributed by atoms with Crippen molar-refractivity contribution < 1.29 is 22.7 Å². The summed E-state index contributed by atoms with van der Waals surface area (Å²) in [7, 11) is 1.28. The largest absolute Gasteiger partial charge is 0.469 e. The number of ether oxygens (including phenoxy) is 1. The Bertz CT molecular complexity index is 268. The van der Waals surface area contributed by atoms with Gasteiger partial charge >= 0.3 is 12.1 Å². The highest BCUT2D eigenvalue weighted by molar-refractivity contribution is 5.69. The van der Waals surface area contributed by atoms with Gasteiger partial charge in [-0.25, -0.2) is 0 Å². The normalized spacial score (nSPS) is 24.4. The van der Waals surface area contributed by atoms with Crippen LogP contribution >= 0.6 is 0 Å². The second kappa shape index (κ2) is 5.71. The van der Waals surface area contributed by atoms with E-state index in [0.29, 0.717) is 13.0 Å². The number of esters is 1. The second-order valence-corrected chi connectivity index (χ2v) is 4.50. The lowest BCUT2D eigenvalue weighted by Gasteiger charge is -2.37. The minimum Gasteiger partial charge on any atom is -0.469 e. The summed E-state index contributed by atoms with van der Waals surface area (Å²) in [4.78, 5) is 12.8. The minimum absolute atomic E-state index is 0.0122. The van der Waals surface area contributed by atoms with Crippen LogP contribution in [0.5, 0.6) is 0 Å². The monoisotopic (exact) mass is 253 g/mol. The molecule has 17 heavy (non-hydrogen) atoms. The third-order valence-corrected chi connectivity index (χ3v) is 3.23. The van der Waals surface area contributed by atoms with Gasteiger partial charge < -0.3 is 4.74 Å². The van der Waals surface area contributed by atoms with E-state index in [1.54, 1.807) is 11.8 Å². The SMILES string of the molecule is COC(=O)CC(C)N1CCCC(C(F)(F)F)C1. The Kier molecular flexibility index (Phi) is 4.80. The van der Waals surface area contributed by atoms with Gasteiger partial charge in [0.05, 0.1) is 19.4 Å². The molecule has 0 radical (unpaired) electrons. The molecular formula is C11H18F3NO2. The third kappa shape index (κ3) is 4.18. The van der Waals surface area contributed by atoms with Gasteiger partial charge in [-0.2, -0.15) is 13.2 Å². The first kappa shape index (κ1) is 14.3. The summed E-state index contributed by atoms with van der Waals surface area (Å²) in [5.41, 5.74) is 0. The van der Waals surface area contributed by atoms with Crippen LogP contribution in [0, 0.1) is 5.92 Å². The number of nitrogens with zero attached hydrogens (tertiary/aromatic N) is 1. The zero-order valence-electron chi connectivity index (χ0n) is 10.1. The fraction of sp³-hybridized carbons (Fsp3) is 0.909. The van der Waals surface area contributed by atoms with Crippen LogP contribution in [0.25, 0.3) is 0 Å². The maximum Gasteiger partial charge on any atom is 0.393 e. The van der Waals surface area contributed by atoms with Crippen molar-refractivity contribution in [2.24, 2.45) is 5.92 Å². The number of hydrogen-bond donors (Lipinski definition) is 0. The highest BCUT2D eigenvalue weighted by Gasteiger charge is 2.42. The Hall–Kier alpha value is -0.780. The quantitative estimate of drug-likeness (QED) is 0.722. The van der Waals surface area contributed by atoms with Crippen LogP contribution in [0.2, 0.25) is 0 Å². The number of alkyl halides is 3. The third-order valence-electron chi connectivity index (χ3n) is 3.23. The van der Waals surface area contributed by atoms with Crippen molar-refractivity contribution >= 4 is 5.97 Å². The van der Waals surface area contributed by atoms with Gasteiger partial charge in [0.15, 0.2) is 0 Å². The van der Waals surface area contributed by atoms with Crippen molar-refractivity contribution in [1.82, 2.24) is 4.90 Å². The van der Waals surface area contributed by atoms with Crippen LogP contribution in [-0.4, -0.2) is 43.3 Å². The van der Waals surface area contributed by atoms with Gasteiger partial charge in [0.25, 0.3) is 0 Å². The smallest absolute Gasteiger partial charge is 0.393 e. The van der Waals surface area contributed by atoms with Crippen molar-refractivity contribution in [2.45, 2.75) is 38.4 Å². The summed E-state index contributed by atoms with van der Waals surface area (Å²) in [6, 6.07) is -0.201. The molecule has 1 heterocycles. The summed E-state index contributed by atoms with van der Waals surface area (Å²) in [6.45, 7) is 2.36. The maximum absolute atomic E-state index is 12.6. The maximum atomic E-state index is 12.6. The van der Waals surface area contributed by atoms with Crippen molar-refractivity contribution in [2.75, 3.05) is 20.2 Å². The van der Waals surface area contributed by atoms with Gasteiger partial charge in [0.1, 0.15) is 0 Å². The fourth-order valence-electron chi connectivity index (χ4n) is 2.13. The molecule has 1 saturated heterocycles. The Morgan fingerprint density at radius 2 is 2.18 bits per heavy atom. The van der Waals surface area contributed by atoms with E-state index in [1.807, 2.05) is 0 Å². The van der Waals surface area contributed by atoms with Crippen LogP contribution < -0.4 is 0 Å². The Morgan fingerprint density at radius 3 is 2.71 bits per heavy atom. The van der Waals surface area contributed by atoms with Gasteiger partial charge in [0.2, 0.25) is 0 Å². The predicted octanol–water partition coefficient (Wildman–Crippen LogP) is 2.21. The lowest BCUT2D eigenvalue weighted by molar-refractivity contribution is -0.188. The Morgan fingerprint density at radius 1 is 1.53 bits per heavy atom. The van der Waals surface area contributed by atoms with Gasteiger partial charge in [0, 0.05) is 12.6 Å². The van der Waals surface area contributed by atoms with E-state index in [2.05, 4.69) is 4.74 Å². The molecule has 0 aromatic heterocycles. The minimum atomic E-state index is -4.14. The summed E-state index contributed by atoms with van der Waals surface area (Å²) in [5, 5.41) is 0. The molecule has 2 atom stereocenters. The Labute approximate surface area is 98.9 Å². The average Bonchev–Trinajstić information content (AvgIpc) is 2.28. The molecule has 1 rings (SSSR count). The van der Waals surface area contributed by atoms with Crippen LogP contribution in [0.4, 0.5) is 13.2 Å². The molecule has 0 aromatic carbocycles. The fourth-order valence-corrected chi connectivity index (χ4v) is 2.13. The highest BCUT2D eigenvalue weighted by Crippen LogP contribution is 2.33. The van der Waals surface area contributed by atoms with E-state index in [1.165, 1.54) is 7.11 Å². The number of carbonyl (C=O) groups excluding carboxylic acids is 1. The molecule has 0 aliphatic carbocycles. The summed E-state index contributed by atoms with van der Waals surface area (Å²) < 4.78 is 42.3. The lowest BCUT2D eigenvalue weighted by atomic mass is 9.96. The van der Waals surface area contributed by atoms with Crippen LogP contribution in [-0.2, 0) is 9.53 Å². The summed E-state index contributed by atoms with van der Waals surface area (Å²) in [6.07, 6.45) is -3.29. The number of methoxy groups -OCH3 is 1. The van der Waals surface area contributed by atoms with Gasteiger partial charge in [-0.3, -0.25) is 9.69 Å². The molecule has 0 amide bonds. The zero-order valence-corrected chi connectivity index (χ0v) is 10.1. The van der Waals surface area contributed by atoms with Crippen LogP contribution in [0.1, 0.15) is 26.2 Å². The highest BCUT2D eigenvalue weighted by atomic mass is 19.4. The van der Waals surface area contributed by atoms with E-state index in [4.69, 9.17) is 0 Å². The van der Waals surface area contributed by atoms with Gasteiger partial charge in [-0.05, 0) is 26.3 Å². The first-order valence-electron chi connectivity index (χ1n) is 5.72. The number of halogens is 3. The topological polar surface area (TPSA) is 29.5 Å². The number of hydrogen-bond acceptors (Lipinski definition) is 3. The van der Waals surface area contributed by atoms with Crippen LogP contribution in [0.15, 0.2) is 0 Å². The van der Waals surface area contributed by atoms with Gasteiger partial charge in [-0.1, -0.05) is 0 Å². The molecular weight excluding hydrogens is 235 g/mol. The zero-order chi connectivity index (χ0) is 13.1. The number of rotatable bonds is 3. The van der Waals surface area contributed by atoms with Crippen molar-refractivity contribution in [1.29, 1.82) is 0 Å². The first-order valence-corrected chi connectivity index (χ1v) is 5.72. The predicted molar refractivity (Wildman–Crippen MR) is 56.4 cm³/mol. The first-order chi connectivity index (χ1) is 7.84. The van der Waals surface area contributed by atoms with E-state index >= 15 is 0 Å². The number of piperidine rings is 1. The van der Waals surface area contributed by atoms with E-state index in [-0.39, 0.29) is 31.4 Å². The van der Waals surface area contributed by atoms with Crippen molar-refractivity contribution in [3.63, 3.8) is 0 Å². The molecule has 0 spiro atoms. The second-order valence-electron chi connectivity index (χ2n) is 4.50. The molecule has 0 N–H and O–H groups in total. The molecule has 0 aromatic rings. The molecule has 2 unspecified atom stereocenters. The van der Waals surface area contributed by atoms with Crippen LogP contribution in [0.3, 0.4) is 0 Å². The van der Waals surface area contributed by atoms with Crippen molar-refractivity contribution in [3.8, 4) is 0 Å². The summed E-state index contributed by atoms with van der Waals surface area (Å²) >= 11 is 0. The molecule has 100 valence electrons. The lowest BCUT2D eigenvalue weighted by Crippen LogP contribution is -2.46. The molecule has 1 aliphatic heterocycles. The van der Waals surface area contributed by atoms with E-state index < -0.39 is 12.1 Å². The number of likely N-dealkylation sites (tertiary alicyclic amines) is 1. The molecule has 6 heteroatoms. The van der Waals surface area contributed by atoms with E-state index in [9.17, 15) is 18.0 Å². The molecule has 0 bridgehead atoms.